The average Bonchev–Trinajstić information content (AvgIpc) is 2.72. The summed E-state index contributed by atoms with van der Waals surface area (Å²) in [7, 11) is 0. The van der Waals surface area contributed by atoms with Crippen molar-refractivity contribution in [3.63, 3.8) is 0 Å². The van der Waals surface area contributed by atoms with E-state index in [0.29, 0.717) is 12.0 Å². The fourth-order valence-electron chi connectivity index (χ4n) is 3.34. The van der Waals surface area contributed by atoms with Crippen molar-refractivity contribution in [1.82, 2.24) is 0 Å². The van der Waals surface area contributed by atoms with Gasteiger partial charge in [-0.15, -0.1) is 0 Å². The number of rotatable bonds is 7. The molecule has 0 heterocycles. The maximum absolute atomic E-state index is 15.1. The minimum absolute atomic E-state index is 0.148. The van der Waals surface area contributed by atoms with Gasteiger partial charge in [0.2, 0.25) is 0 Å². The number of phenolic OH excluding ortho intramolecular Hbond substituents is 1. The average molecular weight is 483 g/mol. The molecule has 1 N–H and O–H groups in total. The molecule has 0 bridgehead atoms. The quantitative estimate of drug-likeness (QED) is 0.365. The van der Waals surface area contributed by atoms with Crippen molar-refractivity contribution < 1.29 is 40.6 Å². The highest BCUT2D eigenvalue weighted by Gasteiger charge is 2.43. The highest BCUT2D eigenvalue weighted by molar-refractivity contribution is 5.73. The third-order valence-corrected chi connectivity index (χ3v) is 4.98. The summed E-state index contributed by atoms with van der Waals surface area (Å²) in [5.74, 6) is -10.4. The Hall–Kier alpha value is -3.74. The highest BCUT2D eigenvalue weighted by atomic mass is 19.3. The second kappa shape index (κ2) is 9.63. The Morgan fingerprint density at radius 2 is 1.59 bits per heavy atom. The van der Waals surface area contributed by atoms with Crippen molar-refractivity contribution in [3.05, 3.63) is 82.2 Å². The van der Waals surface area contributed by atoms with Crippen LogP contribution in [0.3, 0.4) is 0 Å². The van der Waals surface area contributed by atoms with Crippen LogP contribution in [0.4, 0.5) is 30.7 Å². The molecule has 0 saturated heterocycles. The number of unbranched alkanes of at least 4 members (excludes halogenated alkanes) is 1. The maximum atomic E-state index is 15.1. The fraction of sp³-hybridized carbons (Fsp3) is 0.208. The number of alkyl halides is 2. The van der Waals surface area contributed by atoms with Crippen LogP contribution in [-0.4, -0.2) is 5.11 Å². The molecule has 0 unspecified atom stereocenters. The summed E-state index contributed by atoms with van der Waals surface area (Å²) in [6, 6.07) is 5.32. The normalized spacial score (nSPS) is 11.4. The molecule has 10 heteroatoms. The standard InChI is InChI=1S/C24H16F7NO2/c1-2-3-4-12-5-6-14(16(25)7-12)21-20(33)10-19(28)22(23(21)29)24(30,31)34-13-8-17(26)15(11-32)18(27)9-13/h5-10,33H,2-4H2,1H3. The Bertz CT molecular complexity index is 1260. The highest BCUT2D eigenvalue weighted by Crippen LogP contribution is 2.43. The number of benzene rings is 3. The van der Waals surface area contributed by atoms with Crippen LogP contribution in [0.1, 0.15) is 36.5 Å². The van der Waals surface area contributed by atoms with Crippen LogP contribution in [0.5, 0.6) is 11.5 Å². The largest absolute Gasteiger partial charge is 0.507 e. The first-order valence-corrected chi connectivity index (χ1v) is 9.96. The van der Waals surface area contributed by atoms with Crippen LogP contribution in [0.2, 0.25) is 0 Å². The van der Waals surface area contributed by atoms with Crippen molar-refractivity contribution in [1.29, 1.82) is 5.26 Å². The SMILES string of the molecule is CCCCc1ccc(-c2c(O)cc(F)c(C(F)(F)Oc3cc(F)c(C#N)c(F)c3)c2F)c(F)c1. The molecule has 3 aromatic carbocycles. The lowest BCUT2D eigenvalue weighted by molar-refractivity contribution is -0.189. The van der Waals surface area contributed by atoms with E-state index in [9.17, 15) is 31.4 Å². The van der Waals surface area contributed by atoms with Gasteiger partial charge in [0, 0.05) is 23.8 Å². The van der Waals surface area contributed by atoms with E-state index in [1.807, 2.05) is 6.92 Å². The molecular weight excluding hydrogens is 467 g/mol. The van der Waals surface area contributed by atoms with E-state index in [4.69, 9.17) is 5.26 Å². The molecule has 0 spiro atoms. The number of halogens is 7. The van der Waals surface area contributed by atoms with Gasteiger partial charge in [-0.1, -0.05) is 25.5 Å². The predicted molar refractivity (Wildman–Crippen MR) is 108 cm³/mol. The smallest absolute Gasteiger partial charge is 0.432 e. The van der Waals surface area contributed by atoms with Gasteiger partial charge in [-0.05, 0) is 24.5 Å². The summed E-state index contributed by atoms with van der Waals surface area (Å²) in [6.45, 7) is 1.92. The third kappa shape index (κ3) is 4.78. The zero-order valence-electron chi connectivity index (χ0n) is 17.5. The molecule has 3 rings (SSSR count). The van der Waals surface area contributed by atoms with Crippen molar-refractivity contribution in [2.24, 2.45) is 0 Å². The number of aryl methyl sites for hydroxylation is 1. The first-order valence-electron chi connectivity index (χ1n) is 9.96. The minimum Gasteiger partial charge on any atom is -0.507 e. The Labute approximate surface area is 189 Å². The molecule has 3 aromatic rings. The molecule has 0 fully saturated rings. The van der Waals surface area contributed by atoms with Crippen molar-refractivity contribution in [3.8, 4) is 28.7 Å². The number of nitrogens with zero attached hydrogens (tertiary/aromatic N) is 1. The van der Waals surface area contributed by atoms with Gasteiger partial charge in [-0.25, -0.2) is 22.0 Å². The monoisotopic (exact) mass is 483 g/mol. The zero-order chi connectivity index (χ0) is 25.2. The molecule has 0 aliphatic heterocycles. The molecule has 0 saturated carbocycles. The Morgan fingerprint density at radius 3 is 2.15 bits per heavy atom. The van der Waals surface area contributed by atoms with Crippen LogP contribution >= 0.6 is 0 Å². The molecule has 0 amide bonds. The summed E-state index contributed by atoms with van der Waals surface area (Å²) >= 11 is 0. The molecule has 0 atom stereocenters. The second-order valence-electron chi connectivity index (χ2n) is 7.35. The van der Waals surface area contributed by atoms with Gasteiger partial charge in [-0.2, -0.15) is 14.0 Å². The molecule has 0 aromatic heterocycles. The van der Waals surface area contributed by atoms with E-state index in [1.54, 1.807) is 0 Å². The third-order valence-electron chi connectivity index (χ3n) is 4.98. The summed E-state index contributed by atoms with van der Waals surface area (Å²) in [4.78, 5) is 0. The first-order chi connectivity index (χ1) is 16.0. The van der Waals surface area contributed by atoms with Crippen LogP contribution in [0, 0.1) is 40.4 Å². The predicted octanol–water partition coefficient (Wildman–Crippen LogP) is 7.10. The van der Waals surface area contributed by atoms with Gasteiger partial charge < -0.3 is 9.84 Å². The number of ether oxygens (including phenoxy) is 1. The van der Waals surface area contributed by atoms with E-state index in [0.717, 1.165) is 25.0 Å². The van der Waals surface area contributed by atoms with E-state index in [2.05, 4.69) is 4.74 Å². The number of hydrogen-bond acceptors (Lipinski definition) is 3. The van der Waals surface area contributed by atoms with Crippen molar-refractivity contribution >= 4 is 0 Å². The summed E-state index contributed by atoms with van der Waals surface area (Å²) in [5, 5.41) is 18.7. The Morgan fingerprint density at radius 1 is 0.941 bits per heavy atom. The van der Waals surface area contributed by atoms with Crippen LogP contribution in [0.25, 0.3) is 11.1 Å². The number of phenols is 1. The Balaban J connectivity index is 2.08. The minimum atomic E-state index is -4.85. The van der Waals surface area contributed by atoms with Crippen molar-refractivity contribution in [2.75, 3.05) is 0 Å². The second-order valence-corrected chi connectivity index (χ2v) is 7.35. The van der Waals surface area contributed by atoms with Crippen molar-refractivity contribution in [2.45, 2.75) is 32.3 Å². The van der Waals surface area contributed by atoms with Gasteiger partial charge in [0.25, 0.3) is 0 Å². The summed E-state index contributed by atoms with van der Waals surface area (Å²) in [5.41, 5.74) is -4.19. The van der Waals surface area contributed by atoms with Gasteiger partial charge >= 0.3 is 6.11 Å². The molecule has 0 radical (unpaired) electrons. The summed E-state index contributed by atoms with van der Waals surface area (Å²) < 4.78 is 105. The lowest BCUT2D eigenvalue weighted by atomic mass is 9.97. The van der Waals surface area contributed by atoms with Crippen LogP contribution < -0.4 is 4.74 Å². The summed E-state index contributed by atoms with van der Waals surface area (Å²) in [6.07, 6.45) is -2.79. The first kappa shape index (κ1) is 24.9. The molecule has 34 heavy (non-hydrogen) atoms. The molecular formula is C24H16F7NO2. The van der Waals surface area contributed by atoms with Crippen LogP contribution in [0.15, 0.2) is 36.4 Å². The van der Waals surface area contributed by atoms with Gasteiger partial charge in [0.1, 0.15) is 52.0 Å². The maximum Gasteiger partial charge on any atom is 0.432 e. The van der Waals surface area contributed by atoms with Gasteiger partial charge in [0.15, 0.2) is 5.82 Å². The van der Waals surface area contributed by atoms with E-state index in [-0.39, 0.29) is 18.2 Å². The molecule has 0 aliphatic carbocycles. The van der Waals surface area contributed by atoms with E-state index < -0.39 is 68.9 Å². The van der Waals surface area contributed by atoms with Crippen LogP contribution in [-0.2, 0) is 12.5 Å². The molecule has 178 valence electrons. The zero-order valence-corrected chi connectivity index (χ0v) is 17.5. The molecule has 0 aliphatic rings. The topological polar surface area (TPSA) is 53.2 Å². The molecule has 3 nitrogen and oxygen atoms in total. The lowest BCUT2D eigenvalue weighted by Gasteiger charge is -2.21. The number of hydrogen-bond donors (Lipinski definition) is 1. The number of aromatic hydroxyl groups is 1. The van der Waals surface area contributed by atoms with E-state index >= 15 is 4.39 Å². The lowest BCUT2D eigenvalue weighted by Crippen LogP contribution is -2.26. The van der Waals surface area contributed by atoms with E-state index in [1.165, 1.54) is 12.1 Å². The van der Waals surface area contributed by atoms with Gasteiger partial charge in [-0.3, -0.25) is 0 Å². The fourth-order valence-corrected chi connectivity index (χ4v) is 3.34. The Kier molecular flexibility index (Phi) is 7.05. The van der Waals surface area contributed by atoms with Gasteiger partial charge in [0.05, 0.1) is 5.56 Å². The number of nitriles is 1.